The van der Waals surface area contributed by atoms with Gasteiger partial charge in [-0.25, -0.2) is 4.79 Å². The zero-order chi connectivity index (χ0) is 25.1. The van der Waals surface area contributed by atoms with Crippen LogP contribution in [0.2, 0.25) is 0 Å². The number of imide groups is 1. The van der Waals surface area contributed by atoms with Gasteiger partial charge in [-0.1, -0.05) is 76.6 Å². The molecule has 0 spiro atoms. The quantitative estimate of drug-likeness (QED) is 0.269. The van der Waals surface area contributed by atoms with Crippen molar-refractivity contribution in [1.82, 2.24) is 4.90 Å². The van der Waals surface area contributed by atoms with Gasteiger partial charge in [-0.3, -0.25) is 19.3 Å². The molecule has 1 fully saturated rings. The van der Waals surface area contributed by atoms with E-state index in [1.807, 2.05) is 48.5 Å². The predicted molar refractivity (Wildman–Crippen MR) is 134 cm³/mol. The monoisotopic (exact) mass is 543 g/mol. The van der Waals surface area contributed by atoms with Crippen LogP contribution < -0.4 is 0 Å². The number of ketones is 1. The van der Waals surface area contributed by atoms with Crippen LogP contribution in [0.25, 0.3) is 0 Å². The molecule has 3 aromatic carbocycles. The fraction of sp³-hybridized carbons (Fsp3) is 0.241. The molecule has 1 heterocycles. The summed E-state index contributed by atoms with van der Waals surface area (Å²) in [5.41, 5.74) is 4.69. The van der Waals surface area contributed by atoms with E-state index in [0.717, 1.165) is 31.6 Å². The summed E-state index contributed by atoms with van der Waals surface area (Å²) in [5, 5.41) is 0. The van der Waals surface area contributed by atoms with Crippen molar-refractivity contribution in [1.29, 1.82) is 0 Å². The first-order valence-corrected chi connectivity index (χ1v) is 12.7. The van der Waals surface area contributed by atoms with Gasteiger partial charge < -0.3 is 4.74 Å². The van der Waals surface area contributed by atoms with E-state index in [0.29, 0.717) is 5.56 Å². The number of esters is 1. The first-order chi connectivity index (χ1) is 17.4. The van der Waals surface area contributed by atoms with Gasteiger partial charge in [0, 0.05) is 21.9 Å². The predicted octanol–water partition coefficient (Wildman–Crippen LogP) is 4.46. The molecule has 0 radical (unpaired) electrons. The van der Waals surface area contributed by atoms with E-state index in [-0.39, 0.29) is 29.4 Å². The highest BCUT2D eigenvalue weighted by Gasteiger charge is 2.62. The summed E-state index contributed by atoms with van der Waals surface area (Å²) in [6, 6.07) is 21.6. The second-order valence-corrected chi connectivity index (χ2v) is 10.4. The van der Waals surface area contributed by atoms with Crippen molar-refractivity contribution in [2.24, 2.45) is 11.8 Å². The van der Waals surface area contributed by atoms with Gasteiger partial charge in [0.1, 0.15) is 6.04 Å². The van der Waals surface area contributed by atoms with Crippen LogP contribution in [-0.4, -0.2) is 41.1 Å². The Balaban J connectivity index is 1.26. The van der Waals surface area contributed by atoms with Gasteiger partial charge in [-0.05, 0) is 41.3 Å². The number of nitrogens with zero attached hydrogens (tertiary/aromatic N) is 1. The van der Waals surface area contributed by atoms with Gasteiger partial charge in [0.05, 0.1) is 11.8 Å². The Bertz CT molecular complexity index is 1320. The van der Waals surface area contributed by atoms with Gasteiger partial charge in [0.25, 0.3) is 0 Å². The fourth-order valence-corrected chi connectivity index (χ4v) is 6.43. The van der Waals surface area contributed by atoms with Crippen molar-refractivity contribution in [3.8, 4) is 0 Å². The van der Waals surface area contributed by atoms with Crippen LogP contribution in [0.1, 0.15) is 51.4 Å². The summed E-state index contributed by atoms with van der Waals surface area (Å²) < 4.78 is 6.09. The lowest BCUT2D eigenvalue weighted by atomic mass is 9.55. The number of carbonyl (C=O) groups is 4. The third-order valence-electron chi connectivity index (χ3n) is 7.72. The van der Waals surface area contributed by atoms with E-state index in [2.05, 4.69) is 15.9 Å². The molecule has 0 aromatic heterocycles. The summed E-state index contributed by atoms with van der Waals surface area (Å²) in [6.07, 6.45) is 0. The number of hydrogen-bond donors (Lipinski definition) is 0. The van der Waals surface area contributed by atoms with Gasteiger partial charge in [0.15, 0.2) is 12.4 Å². The molecule has 6 nitrogen and oxygen atoms in total. The van der Waals surface area contributed by atoms with E-state index < -0.39 is 30.5 Å². The maximum atomic E-state index is 13.7. The molecule has 0 N–H and O–H groups in total. The number of hydrogen-bond acceptors (Lipinski definition) is 5. The normalized spacial score (nSPS) is 24.1. The molecule has 3 aromatic rings. The highest BCUT2D eigenvalue weighted by atomic mass is 79.9. The lowest BCUT2D eigenvalue weighted by molar-refractivity contribution is -0.157. The van der Waals surface area contributed by atoms with Crippen molar-refractivity contribution in [3.63, 3.8) is 0 Å². The number of carbonyl (C=O) groups excluding carboxylic acids is 4. The minimum Gasteiger partial charge on any atom is -0.456 e. The van der Waals surface area contributed by atoms with Crippen LogP contribution in [0, 0.1) is 11.8 Å². The number of halogens is 1. The summed E-state index contributed by atoms with van der Waals surface area (Å²) in [4.78, 5) is 53.9. The Morgan fingerprint density at radius 1 is 0.806 bits per heavy atom. The Morgan fingerprint density at radius 2 is 1.25 bits per heavy atom. The second kappa shape index (κ2) is 8.52. The molecule has 36 heavy (non-hydrogen) atoms. The third-order valence-corrected chi connectivity index (χ3v) is 8.25. The van der Waals surface area contributed by atoms with E-state index in [4.69, 9.17) is 4.74 Å². The van der Waals surface area contributed by atoms with Crippen LogP contribution in [0.4, 0.5) is 0 Å². The molecule has 1 aliphatic heterocycles. The van der Waals surface area contributed by atoms with Gasteiger partial charge in [-0.2, -0.15) is 0 Å². The highest BCUT2D eigenvalue weighted by Crippen LogP contribution is 2.61. The molecule has 1 saturated heterocycles. The Hall–Kier alpha value is -3.58. The van der Waals surface area contributed by atoms with Crippen LogP contribution in [0.3, 0.4) is 0 Å². The van der Waals surface area contributed by atoms with E-state index in [9.17, 15) is 19.2 Å². The molecule has 180 valence electrons. The maximum absolute atomic E-state index is 13.7. The number of benzene rings is 3. The molecule has 2 amide bonds. The first kappa shape index (κ1) is 22.9. The van der Waals surface area contributed by atoms with Crippen LogP contribution in [0.15, 0.2) is 77.3 Å². The lowest BCUT2D eigenvalue weighted by Crippen LogP contribution is -2.45. The standard InChI is InChI=1S/C29H22BrNO5/c1-15(29(35)36-14-22(32)16-10-12-17(30)13-11-16)31-27(33)25-23-18-6-2-3-7-19(18)24(26(25)28(31)34)21-9-5-4-8-20(21)23/h2-13,15,23-26H,14H2,1H3/t15-,23?,24?,25-,26+/m0/s1. The lowest BCUT2D eigenvalue weighted by Gasteiger charge is -2.45. The molecular formula is C29H22BrNO5. The molecule has 3 atom stereocenters. The highest BCUT2D eigenvalue weighted by molar-refractivity contribution is 9.10. The van der Waals surface area contributed by atoms with Crippen LogP contribution in [0.5, 0.6) is 0 Å². The van der Waals surface area contributed by atoms with Crippen LogP contribution >= 0.6 is 15.9 Å². The summed E-state index contributed by atoms with van der Waals surface area (Å²) in [6.45, 7) is 1.03. The Morgan fingerprint density at radius 3 is 1.69 bits per heavy atom. The average Bonchev–Trinajstić information content (AvgIpc) is 3.17. The SMILES string of the molecule is C[C@@H](C(=O)OCC(=O)c1ccc(Br)cc1)N1C(=O)[C@@H]2C3c4ccccc4C(c4ccccc43)[C@@H]2C1=O. The molecule has 2 bridgehead atoms. The zero-order valence-electron chi connectivity index (χ0n) is 19.4. The van der Waals surface area contributed by atoms with Crippen LogP contribution in [-0.2, 0) is 19.1 Å². The Labute approximate surface area is 216 Å². The van der Waals surface area contributed by atoms with Gasteiger partial charge >= 0.3 is 5.97 Å². The largest absolute Gasteiger partial charge is 0.456 e. The number of Topliss-reactive ketones (excluding diaryl/α,β-unsaturated/α-hetero) is 1. The zero-order valence-corrected chi connectivity index (χ0v) is 21.0. The smallest absolute Gasteiger partial charge is 0.329 e. The number of amides is 2. The summed E-state index contributed by atoms with van der Waals surface area (Å²) in [7, 11) is 0. The number of rotatable bonds is 5. The number of ether oxygens (including phenoxy) is 1. The van der Waals surface area contributed by atoms with Crippen molar-refractivity contribution in [2.75, 3.05) is 6.61 Å². The van der Waals surface area contributed by atoms with E-state index >= 15 is 0 Å². The fourth-order valence-electron chi connectivity index (χ4n) is 6.16. The summed E-state index contributed by atoms with van der Waals surface area (Å²) in [5.74, 6) is -3.45. The van der Waals surface area contributed by atoms with Gasteiger partial charge in [0.2, 0.25) is 11.8 Å². The third kappa shape index (κ3) is 3.29. The molecular weight excluding hydrogens is 522 g/mol. The second-order valence-electron chi connectivity index (χ2n) is 9.52. The molecule has 0 saturated carbocycles. The van der Waals surface area contributed by atoms with Crippen molar-refractivity contribution in [3.05, 3.63) is 105 Å². The molecule has 7 heteroatoms. The van der Waals surface area contributed by atoms with E-state index in [1.54, 1.807) is 24.3 Å². The summed E-state index contributed by atoms with van der Waals surface area (Å²) >= 11 is 3.32. The Kier molecular flexibility index (Phi) is 5.41. The number of likely N-dealkylation sites (tertiary alicyclic amines) is 1. The maximum Gasteiger partial charge on any atom is 0.329 e. The van der Waals surface area contributed by atoms with Crippen molar-refractivity contribution < 1.29 is 23.9 Å². The molecule has 4 aliphatic rings. The first-order valence-electron chi connectivity index (χ1n) is 11.9. The average molecular weight is 544 g/mol. The topological polar surface area (TPSA) is 80.8 Å². The minimum atomic E-state index is -1.13. The van der Waals surface area contributed by atoms with Crippen molar-refractivity contribution in [2.45, 2.75) is 24.8 Å². The minimum absolute atomic E-state index is 0.240. The molecule has 7 rings (SSSR count). The van der Waals surface area contributed by atoms with Crippen molar-refractivity contribution >= 4 is 39.5 Å². The molecule has 0 unspecified atom stereocenters. The van der Waals surface area contributed by atoms with E-state index in [1.165, 1.54) is 6.92 Å². The molecule has 3 aliphatic carbocycles. The van der Waals surface area contributed by atoms with Gasteiger partial charge in [-0.15, -0.1) is 0 Å².